The molecule has 0 bridgehead atoms. The second kappa shape index (κ2) is 8.41. The number of aromatic nitrogens is 2. The van der Waals surface area contributed by atoms with Gasteiger partial charge in [-0.15, -0.1) is 0 Å². The van der Waals surface area contributed by atoms with Crippen molar-refractivity contribution in [1.82, 2.24) is 9.78 Å². The lowest BCUT2D eigenvalue weighted by Gasteiger charge is -2.11. The summed E-state index contributed by atoms with van der Waals surface area (Å²) in [5.41, 5.74) is -1.12. The van der Waals surface area contributed by atoms with Gasteiger partial charge in [0.1, 0.15) is 16.4 Å². The fourth-order valence-corrected chi connectivity index (χ4v) is 3.79. The van der Waals surface area contributed by atoms with Gasteiger partial charge >= 0.3 is 0 Å². The molecule has 0 aliphatic rings. The van der Waals surface area contributed by atoms with Crippen molar-refractivity contribution >= 4 is 15.8 Å². The van der Waals surface area contributed by atoms with E-state index in [1.54, 1.807) is 0 Å². The minimum atomic E-state index is -4.20. The Morgan fingerprint density at radius 2 is 1.55 bits per heavy atom. The molecule has 3 rings (SSSR count). The predicted octanol–water partition coefficient (Wildman–Crippen LogP) is 3.44. The van der Waals surface area contributed by atoms with Gasteiger partial charge in [-0.1, -0.05) is 0 Å². The zero-order valence-corrected chi connectivity index (χ0v) is 16.7. The number of anilines is 1. The molecule has 13 heteroatoms. The van der Waals surface area contributed by atoms with Gasteiger partial charge < -0.3 is 9.47 Å². The quantitative estimate of drug-likeness (QED) is 0.330. The van der Waals surface area contributed by atoms with E-state index in [4.69, 9.17) is 9.47 Å². The number of benzene rings is 2. The Morgan fingerprint density at radius 1 is 0.935 bits per heavy atom. The normalized spacial score (nSPS) is 11.5. The van der Waals surface area contributed by atoms with E-state index in [1.807, 2.05) is 0 Å². The smallest absolute Gasteiger partial charge is 0.266 e. The summed E-state index contributed by atoms with van der Waals surface area (Å²) in [6.45, 7) is -0.834. The Hall–Kier alpha value is -3.35. The van der Waals surface area contributed by atoms with Crippen molar-refractivity contribution in [2.45, 2.75) is 11.4 Å². The first-order valence-electron chi connectivity index (χ1n) is 8.37. The molecule has 0 unspecified atom stereocenters. The van der Waals surface area contributed by atoms with E-state index in [0.717, 1.165) is 16.9 Å². The Morgan fingerprint density at radius 3 is 2.13 bits per heavy atom. The maximum atomic E-state index is 13.8. The van der Waals surface area contributed by atoms with E-state index in [0.29, 0.717) is 5.75 Å². The molecular weight excluding hydrogens is 449 g/mol. The minimum Gasteiger partial charge on any atom is -0.497 e. The average molecular weight is 463 g/mol. The number of nitrogens with one attached hydrogen (secondary N) is 1. The van der Waals surface area contributed by atoms with Crippen molar-refractivity contribution in [3.8, 4) is 11.5 Å². The molecule has 0 saturated heterocycles. The first-order chi connectivity index (χ1) is 14.6. The van der Waals surface area contributed by atoms with Crippen LogP contribution in [-0.4, -0.2) is 32.4 Å². The van der Waals surface area contributed by atoms with Gasteiger partial charge in [-0.05, 0) is 12.1 Å². The van der Waals surface area contributed by atoms with E-state index in [1.165, 1.54) is 32.4 Å². The molecule has 0 aliphatic heterocycles. The molecule has 0 fully saturated rings. The van der Waals surface area contributed by atoms with Gasteiger partial charge in [0, 0.05) is 18.3 Å². The Bertz CT molecular complexity index is 1220. The maximum absolute atomic E-state index is 13.8. The van der Waals surface area contributed by atoms with Crippen molar-refractivity contribution in [2.24, 2.45) is 0 Å². The molecule has 7 nitrogen and oxygen atoms in total. The molecule has 2 aromatic carbocycles. The van der Waals surface area contributed by atoms with Gasteiger partial charge in [0.25, 0.3) is 10.0 Å². The van der Waals surface area contributed by atoms with Crippen LogP contribution >= 0.6 is 0 Å². The summed E-state index contributed by atoms with van der Waals surface area (Å²) in [7, 11) is -1.56. The van der Waals surface area contributed by atoms with Crippen LogP contribution in [0.5, 0.6) is 11.5 Å². The van der Waals surface area contributed by atoms with Crippen molar-refractivity contribution < 1.29 is 39.8 Å². The van der Waals surface area contributed by atoms with E-state index < -0.39 is 51.2 Å². The molecule has 0 spiro atoms. The van der Waals surface area contributed by atoms with Gasteiger partial charge in [0.05, 0.1) is 26.3 Å². The van der Waals surface area contributed by atoms with Gasteiger partial charge in [-0.25, -0.2) is 30.4 Å². The number of hydrogen-bond donors (Lipinski definition) is 1. The molecule has 1 N–H and O–H groups in total. The highest BCUT2D eigenvalue weighted by Gasteiger charge is 2.26. The Kier molecular flexibility index (Phi) is 6.06. The van der Waals surface area contributed by atoms with E-state index >= 15 is 0 Å². The Balaban J connectivity index is 1.87. The third kappa shape index (κ3) is 4.26. The fourth-order valence-electron chi connectivity index (χ4n) is 2.64. The van der Waals surface area contributed by atoms with Crippen LogP contribution in [0, 0.1) is 29.1 Å². The summed E-state index contributed by atoms with van der Waals surface area (Å²) in [6, 6.07) is 5.10. The number of methoxy groups -OCH3 is 2. The summed E-state index contributed by atoms with van der Waals surface area (Å²) < 4.78 is 106. The van der Waals surface area contributed by atoms with Crippen LogP contribution in [-0.2, 0) is 16.6 Å². The lowest BCUT2D eigenvalue weighted by atomic mass is 10.1. The van der Waals surface area contributed by atoms with Gasteiger partial charge in [0.2, 0.25) is 5.82 Å². The van der Waals surface area contributed by atoms with Crippen molar-refractivity contribution in [3.05, 3.63) is 65.1 Å². The molecule has 0 amide bonds. The third-order valence-electron chi connectivity index (χ3n) is 4.16. The number of nitrogens with zero attached hydrogens (tertiary/aromatic N) is 2. The van der Waals surface area contributed by atoms with Gasteiger partial charge in [-0.3, -0.25) is 9.40 Å². The summed E-state index contributed by atoms with van der Waals surface area (Å²) in [4.78, 5) is -0.245. The highest BCUT2D eigenvalue weighted by molar-refractivity contribution is 7.92. The first-order valence-corrected chi connectivity index (χ1v) is 9.86. The third-order valence-corrected chi connectivity index (χ3v) is 5.55. The fraction of sp³-hybridized carbons (Fsp3) is 0.167. The summed E-state index contributed by atoms with van der Waals surface area (Å²) in [6.07, 6.45) is 1.10. The second-order valence-corrected chi connectivity index (χ2v) is 7.72. The molecule has 0 saturated carbocycles. The second-order valence-electron chi connectivity index (χ2n) is 6.07. The van der Waals surface area contributed by atoms with Crippen LogP contribution in [0.2, 0.25) is 0 Å². The van der Waals surface area contributed by atoms with Crippen LogP contribution in [0.1, 0.15) is 5.56 Å². The summed E-state index contributed by atoms with van der Waals surface area (Å²) in [5.74, 6) is -10.4. The first kappa shape index (κ1) is 22.3. The van der Waals surface area contributed by atoms with Crippen LogP contribution in [0.4, 0.5) is 27.8 Å². The van der Waals surface area contributed by atoms with Crippen molar-refractivity contribution in [3.63, 3.8) is 0 Å². The molecule has 3 aromatic rings. The standard InChI is InChI=1S/C18H14F5N3O4S/c1-29-9-3-4-12(11(7-9)30-2)31(27,28)25-13-5-6-26(24-13)8-10-14(19)16(21)18(23)17(22)15(10)20/h3-7H,8H2,1-2H3,(H,24,25). The Labute approximate surface area is 173 Å². The van der Waals surface area contributed by atoms with Crippen LogP contribution < -0.4 is 14.2 Å². The lowest BCUT2D eigenvalue weighted by molar-refractivity contribution is 0.367. The van der Waals surface area contributed by atoms with Crippen LogP contribution in [0.3, 0.4) is 0 Å². The number of hydrogen-bond acceptors (Lipinski definition) is 5. The monoisotopic (exact) mass is 463 g/mol. The minimum absolute atomic E-state index is 0.0207. The van der Waals surface area contributed by atoms with E-state index in [2.05, 4.69) is 9.82 Å². The highest BCUT2D eigenvalue weighted by Crippen LogP contribution is 2.29. The average Bonchev–Trinajstić information content (AvgIpc) is 3.19. The molecule has 1 aromatic heterocycles. The largest absolute Gasteiger partial charge is 0.497 e. The number of halogens is 5. The zero-order chi connectivity index (χ0) is 22.9. The van der Waals surface area contributed by atoms with Crippen LogP contribution in [0.25, 0.3) is 0 Å². The van der Waals surface area contributed by atoms with Crippen molar-refractivity contribution in [1.29, 1.82) is 0 Å². The van der Waals surface area contributed by atoms with Gasteiger partial charge in [0.15, 0.2) is 29.1 Å². The van der Waals surface area contributed by atoms with Crippen LogP contribution in [0.15, 0.2) is 35.4 Å². The molecule has 0 radical (unpaired) electrons. The maximum Gasteiger partial charge on any atom is 0.266 e. The zero-order valence-electron chi connectivity index (χ0n) is 15.9. The number of rotatable bonds is 7. The molecule has 0 aliphatic carbocycles. The summed E-state index contributed by atoms with van der Waals surface area (Å²) >= 11 is 0. The summed E-state index contributed by atoms with van der Waals surface area (Å²) in [5, 5.41) is 3.76. The molecule has 1 heterocycles. The highest BCUT2D eigenvalue weighted by atomic mass is 32.2. The lowest BCUT2D eigenvalue weighted by Crippen LogP contribution is -2.15. The molecule has 31 heavy (non-hydrogen) atoms. The van der Waals surface area contributed by atoms with Gasteiger partial charge in [-0.2, -0.15) is 5.10 Å². The molecule has 166 valence electrons. The predicted molar refractivity (Wildman–Crippen MR) is 97.9 cm³/mol. The molecular formula is C18H14F5N3O4S. The molecule has 0 atom stereocenters. The number of sulfonamides is 1. The van der Waals surface area contributed by atoms with E-state index in [-0.39, 0.29) is 16.5 Å². The van der Waals surface area contributed by atoms with Crippen molar-refractivity contribution in [2.75, 3.05) is 18.9 Å². The SMILES string of the molecule is COc1ccc(S(=O)(=O)Nc2ccn(Cc3c(F)c(F)c(F)c(F)c3F)n2)c(OC)c1. The van der Waals surface area contributed by atoms with E-state index in [9.17, 15) is 30.4 Å². The topological polar surface area (TPSA) is 82.5 Å². The number of ether oxygens (including phenoxy) is 2.